The van der Waals surface area contributed by atoms with Crippen molar-refractivity contribution in [2.45, 2.75) is 63.4 Å². The van der Waals surface area contributed by atoms with Gasteiger partial charge in [0.2, 0.25) is 5.95 Å². The molecule has 3 rings (SSSR count). The van der Waals surface area contributed by atoms with Crippen LogP contribution in [0.3, 0.4) is 0 Å². The Morgan fingerprint density at radius 2 is 2.11 bits per heavy atom. The van der Waals surface area contributed by atoms with Crippen LogP contribution in [-0.2, 0) is 9.16 Å². The number of nitrogens with zero attached hydrogens (tertiary/aromatic N) is 3. The number of imidazole rings is 1. The van der Waals surface area contributed by atoms with Crippen molar-refractivity contribution in [2.24, 2.45) is 0 Å². The van der Waals surface area contributed by atoms with Crippen LogP contribution in [0.15, 0.2) is 11.1 Å². The second-order valence-corrected chi connectivity index (χ2v) is 13.1. The number of H-pyrrole nitrogens is 1. The Bertz CT molecular complexity index is 889. The summed E-state index contributed by atoms with van der Waals surface area (Å²) in [6, 6.07) is 0. The highest BCUT2D eigenvalue weighted by atomic mass is 28.4. The maximum Gasteiger partial charge on any atom is 0.280 e. The molecule has 150 valence electrons. The number of ether oxygens (including phenoxy) is 1. The van der Waals surface area contributed by atoms with Crippen LogP contribution in [-0.4, -0.2) is 63.0 Å². The molecule has 3 heterocycles. The van der Waals surface area contributed by atoms with Gasteiger partial charge in [-0.1, -0.05) is 20.8 Å². The largest absolute Gasteiger partial charge is 0.408 e. The number of fused-ring (bicyclic) bond motifs is 1. The molecule has 10 nitrogen and oxygen atoms in total. The monoisotopic (exact) mass is 397 g/mol. The minimum absolute atomic E-state index is 0.0606. The van der Waals surface area contributed by atoms with E-state index in [-0.39, 0.29) is 28.8 Å². The molecule has 27 heavy (non-hydrogen) atoms. The summed E-state index contributed by atoms with van der Waals surface area (Å²) in [4.78, 5) is 22.5. The fraction of sp³-hybridized carbons (Fsp3) is 0.688. The zero-order chi connectivity index (χ0) is 20.1. The number of rotatable bonds is 4. The summed E-state index contributed by atoms with van der Waals surface area (Å²) in [6.07, 6.45) is -2.04. The third-order valence-corrected chi connectivity index (χ3v) is 9.92. The minimum Gasteiger partial charge on any atom is -0.408 e. The van der Waals surface area contributed by atoms with Crippen molar-refractivity contribution in [3.8, 4) is 0 Å². The average Bonchev–Trinajstić information content (AvgIpc) is 3.08. The number of aromatic amines is 1. The Morgan fingerprint density at radius 1 is 1.44 bits per heavy atom. The molecule has 0 aliphatic carbocycles. The summed E-state index contributed by atoms with van der Waals surface area (Å²) in [5.74, 6) is -0.0606. The fourth-order valence-corrected chi connectivity index (χ4v) is 4.21. The Hall–Kier alpha value is -1.79. The highest BCUT2D eigenvalue weighted by Gasteiger charge is 2.50. The van der Waals surface area contributed by atoms with E-state index in [2.05, 4.69) is 48.8 Å². The smallest absolute Gasteiger partial charge is 0.280 e. The maximum atomic E-state index is 12.0. The van der Waals surface area contributed by atoms with E-state index in [9.17, 15) is 15.0 Å². The van der Waals surface area contributed by atoms with Crippen molar-refractivity contribution in [2.75, 3.05) is 12.3 Å². The average molecular weight is 398 g/mol. The highest BCUT2D eigenvalue weighted by Crippen LogP contribution is 2.41. The van der Waals surface area contributed by atoms with Crippen molar-refractivity contribution in [1.29, 1.82) is 0 Å². The van der Waals surface area contributed by atoms with Gasteiger partial charge in [0, 0.05) is 0 Å². The van der Waals surface area contributed by atoms with Gasteiger partial charge in [-0.2, -0.15) is 4.98 Å². The van der Waals surface area contributed by atoms with E-state index in [1.54, 1.807) is 0 Å². The van der Waals surface area contributed by atoms with E-state index in [0.29, 0.717) is 0 Å². The molecule has 0 saturated carbocycles. The zero-order valence-electron chi connectivity index (χ0n) is 16.1. The van der Waals surface area contributed by atoms with Crippen LogP contribution in [0.2, 0.25) is 18.1 Å². The lowest BCUT2D eigenvalue weighted by Gasteiger charge is -2.39. The SMILES string of the molecule is CC(C)(C)[Si](C)(C)O[C@H]1[C@@H](O)[C@H](n2cnc3c(=O)[nH]c(N)nc32)O[C@@H]1CO. The molecule has 1 aliphatic rings. The van der Waals surface area contributed by atoms with Gasteiger partial charge >= 0.3 is 0 Å². The van der Waals surface area contributed by atoms with Crippen LogP contribution in [0, 0.1) is 0 Å². The number of aromatic nitrogens is 4. The molecule has 0 amide bonds. The highest BCUT2D eigenvalue weighted by molar-refractivity contribution is 6.74. The number of nitrogens with two attached hydrogens (primary N) is 1. The molecule has 0 unspecified atom stereocenters. The molecule has 1 saturated heterocycles. The van der Waals surface area contributed by atoms with E-state index >= 15 is 0 Å². The molecule has 2 aromatic rings. The quantitative estimate of drug-likeness (QED) is 0.540. The lowest BCUT2D eigenvalue weighted by molar-refractivity contribution is -0.0506. The molecule has 2 aromatic heterocycles. The van der Waals surface area contributed by atoms with Crippen molar-refractivity contribution in [3.05, 3.63) is 16.7 Å². The Balaban J connectivity index is 1.97. The molecule has 4 atom stereocenters. The molecule has 0 bridgehead atoms. The summed E-state index contributed by atoms with van der Waals surface area (Å²) in [5.41, 5.74) is 5.44. The van der Waals surface area contributed by atoms with Crippen LogP contribution in [0.25, 0.3) is 11.2 Å². The summed E-state index contributed by atoms with van der Waals surface area (Å²) >= 11 is 0. The van der Waals surface area contributed by atoms with Gasteiger partial charge in [-0.05, 0) is 18.1 Å². The molecule has 1 aliphatic heterocycles. The fourth-order valence-electron chi connectivity index (χ4n) is 2.89. The van der Waals surface area contributed by atoms with Gasteiger partial charge < -0.3 is 25.1 Å². The van der Waals surface area contributed by atoms with Gasteiger partial charge in [0.15, 0.2) is 25.7 Å². The molecular formula is C16H27N5O5Si. The first-order valence-electron chi connectivity index (χ1n) is 8.81. The van der Waals surface area contributed by atoms with Gasteiger partial charge in [0.1, 0.15) is 18.3 Å². The normalized spacial score (nSPS) is 26.8. The lowest BCUT2D eigenvalue weighted by atomic mass is 10.1. The summed E-state index contributed by atoms with van der Waals surface area (Å²) in [7, 11) is -2.22. The van der Waals surface area contributed by atoms with Crippen LogP contribution >= 0.6 is 0 Å². The summed E-state index contributed by atoms with van der Waals surface area (Å²) in [6.45, 7) is 10.1. The van der Waals surface area contributed by atoms with Crippen molar-refractivity contribution in [1.82, 2.24) is 19.5 Å². The second-order valence-electron chi connectivity index (χ2n) is 8.36. The number of aliphatic hydroxyl groups is 2. The van der Waals surface area contributed by atoms with E-state index in [0.717, 1.165) is 0 Å². The van der Waals surface area contributed by atoms with Gasteiger partial charge in [0.25, 0.3) is 5.56 Å². The van der Waals surface area contributed by atoms with Crippen molar-refractivity contribution >= 4 is 25.4 Å². The third-order valence-electron chi connectivity index (χ3n) is 5.45. The van der Waals surface area contributed by atoms with Crippen molar-refractivity contribution in [3.63, 3.8) is 0 Å². The van der Waals surface area contributed by atoms with Gasteiger partial charge in [-0.3, -0.25) is 14.3 Å². The Labute approximate surface area is 157 Å². The predicted octanol–water partition coefficient (Wildman–Crippen LogP) is 0.343. The number of anilines is 1. The first kappa shape index (κ1) is 20.0. The van der Waals surface area contributed by atoms with E-state index in [4.69, 9.17) is 14.9 Å². The number of hydrogen-bond donors (Lipinski definition) is 4. The number of nitrogens with one attached hydrogen (secondary N) is 1. The predicted molar refractivity (Wildman–Crippen MR) is 102 cm³/mol. The molecule has 0 spiro atoms. The van der Waals surface area contributed by atoms with E-state index < -0.39 is 38.4 Å². The Morgan fingerprint density at radius 3 is 2.70 bits per heavy atom. The van der Waals surface area contributed by atoms with Gasteiger partial charge in [-0.15, -0.1) is 0 Å². The minimum atomic E-state index is -2.22. The van der Waals surface area contributed by atoms with E-state index in [1.807, 2.05) is 0 Å². The van der Waals surface area contributed by atoms with Crippen molar-refractivity contribution < 1.29 is 19.4 Å². The van der Waals surface area contributed by atoms with Crippen LogP contribution in [0.5, 0.6) is 0 Å². The van der Waals surface area contributed by atoms with E-state index in [1.165, 1.54) is 10.9 Å². The van der Waals surface area contributed by atoms with Crippen LogP contribution in [0.1, 0.15) is 27.0 Å². The van der Waals surface area contributed by atoms with Gasteiger partial charge in [-0.25, -0.2) is 4.98 Å². The third kappa shape index (κ3) is 3.41. The molecule has 0 aromatic carbocycles. The maximum absolute atomic E-state index is 12.0. The molecule has 11 heteroatoms. The molecule has 1 fully saturated rings. The first-order valence-corrected chi connectivity index (χ1v) is 11.7. The molecular weight excluding hydrogens is 370 g/mol. The number of aliphatic hydroxyl groups excluding tert-OH is 2. The number of nitrogen functional groups attached to an aromatic ring is 1. The zero-order valence-corrected chi connectivity index (χ0v) is 17.1. The lowest BCUT2D eigenvalue weighted by Crippen LogP contribution is -2.49. The van der Waals surface area contributed by atoms with Crippen LogP contribution in [0.4, 0.5) is 5.95 Å². The first-order chi connectivity index (χ1) is 12.5. The standard InChI is InChI=1S/C16H27N5O5Si/c1-16(2,3)27(4,5)26-11-8(6-22)25-14(10(11)23)21-7-18-9-12(21)19-15(17)20-13(9)24/h7-8,10-11,14,22-23H,6H2,1-5H3,(H3,17,19,20,24)/t8-,10-,11-,14-/m1/s1. The molecule has 0 radical (unpaired) electrons. The van der Waals surface area contributed by atoms with Gasteiger partial charge in [0.05, 0.1) is 12.9 Å². The van der Waals surface area contributed by atoms with Crippen LogP contribution < -0.4 is 11.3 Å². The topological polar surface area (TPSA) is 149 Å². The number of hydrogen-bond acceptors (Lipinski definition) is 8. The Kier molecular flexibility index (Phi) is 4.93. The second kappa shape index (κ2) is 6.67. The molecule has 5 N–H and O–H groups in total. The summed E-state index contributed by atoms with van der Waals surface area (Å²) in [5, 5.41) is 20.6. The summed E-state index contributed by atoms with van der Waals surface area (Å²) < 4.78 is 13.6.